The molecule has 1 heterocycles. The third kappa shape index (κ3) is 6.58. The van der Waals surface area contributed by atoms with Crippen LogP contribution in [-0.4, -0.2) is 36.4 Å². The zero-order valence-corrected chi connectivity index (χ0v) is 16.4. The summed E-state index contributed by atoms with van der Waals surface area (Å²) in [5.41, 5.74) is 1.57. The highest BCUT2D eigenvalue weighted by molar-refractivity contribution is 8.01. The van der Waals surface area contributed by atoms with Crippen molar-refractivity contribution in [2.45, 2.75) is 30.5 Å². The second kappa shape index (κ2) is 10.7. The molecule has 138 valence electrons. The number of thiazole rings is 1. The molecule has 0 spiro atoms. The minimum atomic E-state index is -0.640. The van der Waals surface area contributed by atoms with Gasteiger partial charge < -0.3 is 15.4 Å². The average Bonchev–Trinajstić information content (AvgIpc) is 3.04. The van der Waals surface area contributed by atoms with Crippen LogP contribution in [0.5, 0.6) is 0 Å². The van der Waals surface area contributed by atoms with Gasteiger partial charge >= 0.3 is 6.09 Å². The molecule has 0 fully saturated rings. The van der Waals surface area contributed by atoms with Gasteiger partial charge in [0.1, 0.15) is 6.54 Å². The Morgan fingerprint density at radius 1 is 1.31 bits per heavy atom. The van der Waals surface area contributed by atoms with Crippen LogP contribution in [0.2, 0.25) is 0 Å². The van der Waals surface area contributed by atoms with Gasteiger partial charge in [-0.2, -0.15) is 0 Å². The predicted octanol–water partition coefficient (Wildman–Crippen LogP) is 3.88. The van der Waals surface area contributed by atoms with Crippen LogP contribution >= 0.6 is 23.1 Å². The number of anilines is 1. The number of ether oxygens (including phenoxy) is 1. The number of hydrogen-bond donors (Lipinski definition) is 2. The van der Waals surface area contributed by atoms with Crippen molar-refractivity contribution >= 4 is 51.0 Å². The van der Waals surface area contributed by atoms with Gasteiger partial charge in [0, 0.05) is 24.3 Å². The number of hydrogen-bond acceptors (Lipinski definition) is 6. The van der Waals surface area contributed by atoms with E-state index in [-0.39, 0.29) is 12.5 Å². The highest BCUT2D eigenvalue weighted by Gasteiger charge is 2.08. The lowest BCUT2D eigenvalue weighted by molar-refractivity contribution is -0.115. The zero-order valence-electron chi connectivity index (χ0n) is 14.8. The summed E-state index contributed by atoms with van der Waals surface area (Å²) in [4.78, 5) is 27.4. The Kier molecular flexibility index (Phi) is 8.25. The van der Waals surface area contributed by atoms with Crippen LogP contribution in [0.4, 0.5) is 10.5 Å². The lowest BCUT2D eigenvalue weighted by atomic mass is 10.3. The molecule has 0 radical (unpaired) electrons. The van der Waals surface area contributed by atoms with E-state index in [2.05, 4.69) is 39.1 Å². The van der Waals surface area contributed by atoms with Crippen LogP contribution in [0, 0.1) is 11.8 Å². The standard InChI is InChI=1S/C18H21N3O3S2/c1-3-4-5-6-7-10-25-18-21-14-9-8-13(11-15(14)26-18)20-16(22)12-19-17(23)24-2/h8-9,11H,3-4,7,10,12H2,1-2H3,(H,19,23)(H,20,22). The van der Waals surface area contributed by atoms with Crippen molar-refractivity contribution in [1.29, 1.82) is 0 Å². The van der Waals surface area contributed by atoms with E-state index >= 15 is 0 Å². The largest absolute Gasteiger partial charge is 0.453 e. The van der Waals surface area contributed by atoms with E-state index in [1.807, 2.05) is 12.1 Å². The van der Waals surface area contributed by atoms with Gasteiger partial charge in [-0.3, -0.25) is 4.79 Å². The Balaban J connectivity index is 1.89. The highest BCUT2D eigenvalue weighted by Crippen LogP contribution is 2.31. The summed E-state index contributed by atoms with van der Waals surface area (Å²) < 4.78 is 6.42. The normalized spacial score (nSPS) is 10.1. The summed E-state index contributed by atoms with van der Waals surface area (Å²) in [6, 6.07) is 5.55. The third-order valence-electron chi connectivity index (χ3n) is 3.18. The van der Waals surface area contributed by atoms with E-state index in [1.165, 1.54) is 7.11 Å². The van der Waals surface area contributed by atoms with E-state index in [1.54, 1.807) is 29.2 Å². The number of carbonyl (C=O) groups is 2. The molecule has 0 saturated carbocycles. The molecular weight excluding hydrogens is 370 g/mol. The Morgan fingerprint density at radius 3 is 2.88 bits per heavy atom. The van der Waals surface area contributed by atoms with Crippen LogP contribution in [-0.2, 0) is 9.53 Å². The number of aromatic nitrogens is 1. The number of thioether (sulfide) groups is 1. The van der Waals surface area contributed by atoms with E-state index in [0.29, 0.717) is 5.69 Å². The van der Waals surface area contributed by atoms with E-state index in [0.717, 1.165) is 39.6 Å². The number of nitrogens with zero attached hydrogens (tertiary/aromatic N) is 1. The number of amides is 2. The second-order valence-electron chi connectivity index (χ2n) is 5.26. The first-order valence-corrected chi connectivity index (χ1v) is 10.0. The summed E-state index contributed by atoms with van der Waals surface area (Å²) in [6.07, 6.45) is 2.26. The molecule has 1 aromatic heterocycles. The Hall–Kier alpha value is -2.24. The monoisotopic (exact) mass is 391 g/mol. The van der Waals surface area contributed by atoms with Crippen molar-refractivity contribution in [2.75, 3.05) is 24.7 Å². The number of methoxy groups -OCH3 is 1. The van der Waals surface area contributed by atoms with Gasteiger partial charge in [-0.05, 0) is 24.6 Å². The number of carbonyl (C=O) groups excluding carboxylic acids is 2. The molecular formula is C18H21N3O3S2. The van der Waals surface area contributed by atoms with Gasteiger partial charge in [-0.15, -0.1) is 23.2 Å². The van der Waals surface area contributed by atoms with Crippen molar-refractivity contribution in [3.8, 4) is 11.8 Å². The Labute approximate surface area is 161 Å². The smallest absolute Gasteiger partial charge is 0.407 e. The summed E-state index contributed by atoms with van der Waals surface area (Å²) in [5.74, 6) is 6.90. The maximum absolute atomic E-state index is 11.8. The van der Waals surface area contributed by atoms with Crippen LogP contribution in [0.3, 0.4) is 0 Å². The first-order chi connectivity index (χ1) is 12.6. The molecule has 2 N–H and O–H groups in total. The summed E-state index contributed by atoms with van der Waals surface area (Å²) in [5, 5.41) is 5.08. The zero-order chi connectivity index (χ0) is 18.8. The quantitative estimate of drug-likeness (QED) is 0.425. The van der Waals surface area contributed by atoms with Gasteiger partial charge in [-0.25, -0.2) is 9.78 Å². The molecule has 1 aromatic carbocycles. The molecule has 2 amide bonds. The van der Waals surface area contributed by atoms with E-state index < -0.39 is 6.09 Å². The Bertz CT molecular complexity index is 824. The molecule has 0 aliphatic rings. The molecule has 0 unspecified atom stereocenters. The fourth-order valence-corrected chi connectivity index (χ4v) is 4.00. The number of fused-ring (bicyclic) bond motifs is 1. The minimum Gasteiger partial charge on any atom is -0.453 e. The van der Waals surface area contributed by atoms with Crippen molar-refractivity contribution in [2.24, 2.45) is 0 Å². The number of benzene rings is 1. The third-order valence-corrected chi connectivity index (χ3v) is 5.35. The summed E-state index contributed by atoms with van der Waals surface area (Å²) >= 11 is 3.29. The number of rotatable bonds is 7. The van der Waals surface area contributed by atoms with Crippen LogP contribution < -0.4 is 10.6 Å². The molecule has 8 heteroatoms. The van der Waals surface area contributed by atoms with Crippen molar-refractivity contribution < 1.29 is 14.3 Å². The molecule has 0 saturated heterocycles. The molecule has 0 aliphatic heterocycles. The molecule has 2 rings (SSSR count). The van der Waals surface area contributed by atoms with Gasteiger partial charge in [0.05, 0.1) is 17.3 Å². The molecule has 6 nitrogen and oxygen atoms in total. The SMILES string of the molecule is CCCC#CCCSc1nc2ccc(NC(=O)CNC(=O)OC)cc2s1. The van der Waals surface area contributed by atoms with Gasteiger partial charge in [-0.1, -0.05) is 18.7 Å². The first kappa shape index (κ1) is 20.1. The fraction of sp³-hybridized carbons (Fsp3) is 0.389. The van der Waals surface area contributed by atoms with Crippen molar-refractivity contribution in [3.63, 3.8) is 0 Å². The summed E-state index contributed by atoms with van der Waals surface area (Å²) in [6.45, 7) is 1.98. The highest BCUT2D eigenvalue weighted by atomic mass is 32.2. The predicted molar refractivity (Wildman–Crippen MR) is 107 cm³/mol. The molecule has 0 bridgehead atoms. The maximum atomic E-state index is 11.8. The van der Waals surface area contributed by atoms with Crippen LogP contribution in [0.15, 0.2) is 22.5 Å². The number of nitrogens with one attached hydrogen (secondary N) is 2. The Morgan fingerprint density at radius 2 is 2.12 bits per heavy atom. The molecule has 0 aliphatic carbocycles. The van der Waals surface area contributed by atoms with Crippen LogP contribution in [0.1, 0.15) is 26.2 Å². The van der Waals surface area contributed by atoms with Gasteiger partial charge in [0.2, 0.25) is 5.91 Å². The van der Waals surface area contributed by atoms with Crippen LogP contribution in [0.25, 0.3) is 10.2 Å². The van der Waals surface area contributed by atoms with E-state index in [9.17, 15) is 9.59 Å². The van der Waals surface area contributed by atoms with Gasteiger partial charge in [0.15, 0.2) is 4.34 Å². The maximum Gasteiger partial charge on any atom is 0.407 e. The average molecular weight is 392 g/mol. The minimum absolute atomic E-state index is 0.145. The lowest BCUT2D eigenvalue weighted by Crippen LogP contribution is -2.32. The number of unbranched alkanes of at least 4 members (excludes halogenated alkanes) is 1. The second-order valence-corrected chi connectivity index (χ2v) is 7.63. The summed E-state index contributed by atoms with van der Waals surface area (Å²) in [7, 11) is 1.25. The topological polar surface area (TPSA) is 80.3 Å². The number of alkyl carbamates (subject to hydrolysis) is 1. The molecule has 26 heavy (non-hydrogen) atoms. The lowest BCUT2D eigenvalue weighted by Gasteiger charge is -2.05. The van der Waals surface area contributed by atoms with Gasteiger partial charge in [0.25, 0.3) is 0 Å². The molecule has 2 aromatic rings. The molecule has 0 atom stereocenters. The van der Waals surface area contributed by atoms with Crippen molar-refractivity contribution in [3.05, 3.63) is 18.2 Å². The van der Waals surface area contributed by atoms with E-state index in [4.69, 9.17) is 0 Å². The van der Waals surface area contributed by atoms with Crippen molar-refractivity contribution in [1.82, 2.24) is 10.3 Å². The first-order valence-electron chi connectivity index (χ1n) is 8.23. The fourth-order valence-electron chi connectivity index (χ4n) is 1.96.